The first-order chi connectivity index (χ1) is 27.4. The molecule has 8 N–H and O–H groups in total. The average molecular weight is 782 g/mol. The molecular formula is C43H55N7O7. The van der Waals surface area contributed by atoms with E-state index in [0.717, 1.165) is 16.7 Å². The molecular weight excluding hydrogens is 727 g/mol. The van der Waals surface area contributed by atoms with E-state index in [4.69, 9.17) is 11.5 Å². The van der Waals surface area contributed by atoms with E-state index < -0.39 is 71.7 Å². The van der Waals surface area contributed by atoms with Crippen molar-refractivity contribution in [3.05, 3.63) is 102 Å². The molecule has 7 atom stereocenters. The fourth-order valence-electron chi connectivity index (χ4n) is 7.57. The number of rotatable bonds is 17. The molecule has 0 radical (unpaired) electrons. The van der Waals surface area contributed by atoms with Gasteiger partial charge >= 0.3 is 0 Å². The third-order valence-electron chi connectivity index (χ3n) is 11.0. The van der Waals surface area contributed by atoms with Crippen LogP contribution in [0.5, 0.6) is 5.75 Å². The second-order valence-corrected chi connectivity index (χ2v) is 15.1. The number of primary amides is 1. The molecule has 0 aromatic heterocycles. The predicted octanol–water partition coefficient (Wildman–Crippen LogP) is 1.72. The molecule has 3 aromatic carbocycles. The van der Waals surface area contributed by atoms with E-state index in [1.807, 2.05) is 74.5 Å². The lowest BCUT2D eigenvalue weighted by molar-refractivity contribution is -0.145. The van der Waals surface area contributed by atoms with Crippen LogP contribution in [0.15, 0.2) is 84.9 Å². The van der Waals surface area contributed by atoms with Crippen molar-refractivity contribution in [1.82, 2.24) is 25.8 Å². The Hall–Kier alpha value is -5.76. The molecule has 2 aliphatic rings. The number of hydrogen-bond acceptors (Lipinski definition) is 8. The maximum absolute atomic E-state index is 14.3. The average Bonchev–Trinajstić information content (AvgIpc) is 3.91. The zero-order valence-electron chi connectivity index (χ0n) is 32.6. The Balaban J connectivity index is 1.28. The second-order valence-electron chi connectivity index (χ2n) is 15.1. The molecule has 0 spiro atoms. The third-order valence-corrected chi connectivity index (χ3v) is 11.0. The van der Waals surface area contributed by atoms with Gasteiger partial charge in [0, 0.05) is 25.9 Å². The summed E-state index contributed by atoms with van der Waals surface area (Å²) in [6.45, 7) is 4.32. The van der Waals surface area contributed by atoms with Crippen LogP contribution in [0.4, 0.5) is 0 Å². The summed E-state index contributed by atoms with van der Waals surface area (Å²) < 4.78 is 0. The van der Waals surface area contributed by atoms with Gasteiger partial charge in [-0.2, -0.15) is 0 Å². The van der Waals surface area contributed by atoms with Crippen LogP contribution < -0.4 is 27.4 Å². The maximum atomic E-state index is 14.3. The normalized spacial score (nSPS) is 19.1. The topological polar surface area (TPSA) is 217 Å². The number of hydrogen-bond donors (Lipinski definition) is 6. The highest BCUT2D eigenvalue weighted by Gasteiger charge is 2.43. The quantitative estimate of drug-likeness (QED) is 0.118. The van der Waals surface area contributed by atoms with E-state index in [9.17, 15) is 33.9 Å². The molecule has 0 aliphatic carbocycles. The Morgan fingerprint density at radius 2 is 1.18 bits per heavy atom. The summed E-state index contributed by atoms with van der Waals surface area (Å²) in [6.07, 6.45) is 2.93. The molecule has 57 heavy (non-hydrogen) atoms. The Labute approximate surface area is 333 Å². The number of nitrogens with two attached hydrogens (primary N) is 2. The molecule has 0 unspecified atom stereocenters. The van der Waals surface area contributed by atoms with Gasteiger partial charge in [0.15, 0.2) is 0 Å². The van der Waals surface area contributed by atoms with Gasteiger partial charge in [-0.05, 0) is 66.8 Å². The predicted molar refractivity (Wildman–Crippen MR) is 214 cm³/mol. The summed E-state index contributed by atoms with van der Waals surface area (Å²) in [4.78, 5) is 85.0. The lowest BCUT2D eigenvalue weighted by atomic mass is 9.96. The van der Waals surface area contributed by atoms with Crippen LogP contribution in [-0.2, 0) is 48.0 Å². The number of carbonyl (C=O) groups is 6. The van der Waals surface area contributed by atoms with Crippen molar-refractivity contribution in [1.29, 1.82) is 0 Å². The van der Waals surface area contributed by atoms with Crippen LogP contribution in [0.2, 0.25) is 0 Å². The van der Waals surface area contributed by atoms with Crippen LogP contribution in [0.25, 0.3) is 0 Å². The summed E-state index contributed by atoms with van der Waals surface area (Å²) in [5, 5.41) is 18.2. The van der Waals surface area contributed by atoms with Crippen molar-refractivity contribution in [3.63, 3.8) is 0 Å². The number of benzene rings is 3. The minimum absolute atomic E-state index is 0.0897. The van der Waals surface area contributed by atoms with Gasteiger partial charge in [0.25, 0.3) is 0 Å². The molecule has 2 saturated heterocycles. The Bertz CT molecular complexity index is 1860. The molecule has 14 heteroatoms. The van der Waals surface area contributed by atoms with Crippen molar-refractivity contribution in [2.24, 2.45) is 17.4 Å². The first-order valence-corrected chi connectivity index (χ1v) is 19.8. The highest BCUT2D eigenvalue weighted by Crippen LogP contribution is 2.24. The second kappa shape index (κ2) is 19.9. The van der Waals surface area contributed by atoms with E-state index >= 15 is 0 Å². The van der Waals surface area contributed by atoms with Gasteiger partial charge in [0.2, 0.25) is 35.4 Å². The lowest BCUT2D eigenvalue weighted by Gasteiger charge is -2.34. The fourth-order valence-corrected chi connectivity index (χ4v) is 7.57. The van der Waals surface area contributed by atoms with Crippen molar-refractivity contribution in [2.45, 2.75) is 101 Å². The standard InChI is InChI=1S/C43H55N7O7/c1-3-27(2)37(43(57)50-23-11-16-35(50)40(54)46-33(38(45)52)25-28-12-6-4-7-13-28)48-41(55)36-17-10-22-49(36)42(56)34(26-29-14-8-5-9-15-29)47-39(53)32(44)24-30-18-20-31(51)21-19-30/h4-9,12-15,18-21,27,32-37,51H,3,10-11,16-17,22-26,44H2,1-2H3,(H2,45,52)(H,46,54)(H,47,53)(H,48,55)/t27-,32-,33-,34-,35-,36-,37-/m0/s1. The molecule has 0 saturated carbocycles. The van der Waals surface area contributed by atoms with Gasteiger partial charge < -0.3 is 42.3 Å². The van der Waals surface area contributed by atoms with Gasteiger partial charge in [-0.15, -0.1) is 0 Å². The number of nitrogens with one attached hydrogen (secondary N) is 3. The smallest absolute Gasteiger partial charge is 0.246 e. The summed E-state index contributed by atoms with van der Waals surface area (Å²) in [6, 6.07) is 19.0. The number of carbonyl (C=O) groups excluding carboxylic acids is 6. The van der Waals surface area contributed by atoms with Crippen molar-refractivity contribution < 1.29 is 33.9 Å². The third kappa shape index (κ3) is 11.2. The maximum Gasteiger partial charge on any atom is 0.246 e. The van der Waals surface area contributed by atoms with Crippen LogP contribution in [0, 0.1) is 5.92 Å². The zero-order valence-corrected chi connectivity index (χ0v) is 32.6. The molecule has 304 valence electrons. The van der Waals surface area contributed by atoms with Gasteiger partial charge in [-0.1, -0.05) is 93.1 Å². The van der Waals surface area contributed by atoms with Crippen LogP contribution >= 0.6 is 0 Å². The van der Waals surface area contributed by atoms with E-state index in [1.54, 1.807) is 12.1 Å². The van der Waals surface area contributed by atoms with Gasteiger partial charge in [-0.3, -0.25) is 28.8 Å². The number of phenols is 1. The largest absolute Gasteiger partial charge is 0.508 e. The van der Waals surface area contributed by atoms with Crippen LogP contribution in [-0.4, -0.2) is 99.7 Å². The summed E-state index contributed by atoms with van der Waals surface area (Å²) in [5.41, 5.74) is 14.3. The van der Waals surface area contributed by atoms with E-state index in [1.165, 1.54) is 21.9 Å². The Morgan fingerprint density at radius 3 is 1.70 bits per heavy atom. The molecule has 0 bridgehead atoms. The highest BCUT2D eigenvalue weighted by atomic mass is 16.3. The van der Waals surface area contributed by atoms with E-state index in [0.29, 0.717) is 38.6 Å². The molecule has 3 aromatic rings. The SMILES string of the molecule is CC[C@H](C)[C@H](NC(=O)[C@@H]1CCCN1C(=O)[C@H](Cc1ccccc1)NC(=O)[C@@H](N)Cc1ccc(O)cc1)C(=O)N1CCC[C@H]1C(=O)N[C@@H](Cc1ccccc1)C(N)=O. The molecule has 14 nitrogen and oxygen atoms in total. The molecule has 6 amide bonds. The van der Waals surface area contributed by atoms with Crippen LogP contribution in [0.1, 0.15) is 62.6 Å². The Morgan fingerprint density at radius 1 is 0.684 bits per heavy atom. The van der Waals surface area contributed by atoms with Gasteiger partial charge in [0.05, 0.1) is 6.04 Å². The monoisotopic (exact) mass is 781 g/mol. The van der Waals surface area contributed by atoms with E-state index in [-0.39, 0.29) is 37.5 Å². The first kappa shape index (κ1) is 42.4. The number of nitrogens with zero attached hydrogens (tertiary/aromatic N) is 2. The van der Waals surface area contributed by atoms with Crippen molar-refractivity contribution in [3.8, 4) is 5.75 Å². The highest BCUT2D eigenvalue weighted by molar-refractivity contribution is 5.97. The minimum atomic E-state index is -1.03. The summed E-state index contributed by atoms with van der Waals surface area (Å²) in [7, 11) is 0. The minimum Gasteiger partial charge on any atom is -0.508 e. The number of amides is 6. The summed E-state index contributed by atoms with van der Waals surface area (Å²) >= 11 is 0. The molecule has 2 heterocycles. The number of aromatic hydroxyl groups is 1. The first-order valence-electron chi connectivity index (χ1n) is 19.8. The number of phenolic OH excluding ortho intramolecular Hbond substituents is 1. The van der Waals surface area contributed by atoms with Crippen molar-refractivity contribution in [2.75, 3.05) is 13.1 Å². The molecule has 5 rings (SSSR count). The van der Waals surface area contributed by atoms with Gasteiger partial charge in [-0.25, -0.2) is 0 Å². The zero-order chi connectivity index (χ0) is 41.1. The fraction of sp³-hybridized carbons (Fsp3) is 0.442. The number of likely N-dealkylation sites (tertiary alicyclic amines) is 2. The Kier molecular flexibility index (Phi) is 14.8. The lowest BCUT2D eigenvalue weighted by Crippen LogP contribution is -2.60. The summed E-state index contributed by atoms with van der Waals surface area (Å²) in [5.74, 6) is -3.29. The van der Waals surface area contributed by atoms with Crippen LogP contribution in [0.3, 0.4) is 0 Å². The molecule has 2 aliphatic heterocycles. The van der Waals surface area contributed by atoms with Gasteiger partial charge in [0.1, 0.15) is 36.0 Å². The van der Waals surface area contributed by atoms with E-state index in [2.05, 4.69) is 16.0 Å². The van der Waals surface area contributed by atoms with Crippen molar-refractivity contribution >= 4 is 35.4 Å². The molecule has 2 fully saturated rings.